The molecule has 0 fully saturated rings. The Hall–Kier alpha value is 0.0200. The standard InChI is InChI=1S/C2H2FO7P.Na.H/c3-9-1(4)2(5)10-11(6,7)8;;/h(H2,6,7,8);;. The van der Waals surface area contributed by atoms with Gasteiger partial charge in [0.15, 0.2) is 0 Å². The molecule has 0 aromatic carbocycles. The van der Waals surface area contributed by atoms with Crippen LogP contribution < -0.4 is 0 Å². The Balaban J connectivity index is 0. The van der Waals surface area contributed by atoms with Crippen LogP contribution >= 0.6 is 7.82 Å². The molecule has 0 aromatic rings. The summed E-state index contributed by atoms with van der Waals surface area (Å²) >= 11 is 0. The van der Waals surface area contributed by atoms with Crippen LogP contribution in [0.2, 0.25) is 0 Å². The Morgan fingerprint density at radius 3 is 1.92 bits per heavy atom. The molecule has 0 bridgehead atoms. The van der Waals surface area contributed by atoms with Gasteiger partial charge in [0.25, 0.3) is 0 Å². The van der Waals surface area contributed by atoms with E-state index in [1.165, 1.54) is 0 Å². The van der Waals surface area contributed by atoms with Gasteiger partial charge in [0, 0.05) is 4.53 Å². The first-order valence-corrected chi connectivity index (χ1v) is 3.52. The molecule has 7 nitrogen and oxygen atoms in total. The molecule has 0 unspecified atom stereocenters. The fourth-order valence-corrected chi connectivity index (χ4v) is 0.467. The zero-order chi connectivity index (χ0) is 9.07. The van der Waals surface area contributed by atoms with Gasteiger partial charge in [0.05, 0.1) is 0 Å². The molecule has 0 saturated carbocycles. The molecule has 2 N–H and O–H groups in total. The summed E-state index contributed by atoms with van der Waals surface area (Å²) in [6, 6.07) is 0. The zero-order valence-corrected chi connectivity index (χ0v) is 5.66. The average molecular weight is 212 g/mol. The van der Waals surface area contributed by atoms with E-state index in [1.54, 1.807) is 0 Å². The predicted molar refractivity (Wildman–Crippen MR) is 32.5 cm³/mol. The quantitative estimate of drug-likeness (QED) is 0.306. The second-order valence-electron chi connectivity index (χ2n) is 1.23. The molecule has 0 heterocycles. The second kappa shape index (κ2) is 5.63. The van der Waals surface area contributed by atoms with Gasteiger partial charge >= 0.3 is 49.3 Å². The Kier molecular flexibility index (Phi) is 6.82. The van der Waals surface area contributed by atoms with Crippen LogP contribution in [0.5, 0.6) is 0 Å². The number of halogens is 1. The van der Waals surface area contributed by atoms with Crippen molar-refractivity contribution in [3.05, 3.63) is 0 Å². The van der Waals surface area contributed by atoms with E-state index in [0.29, 0.717) is 0 Å². The van der Waals surface area contributed by atoms with E-state index in [4.69, 9.17) is 9.79 Å². The average Bonchev–Trinajstić information content (AvgIpc) is 1.82. The number of phosphoric ester groups is 1. The molecule has 0 amide bonds. The summed E-state index contributed by atoms with van der Waals surface area (Å²) in [7, 11) is -5.11. The van der Waals surface area contributed by atoms with E-state index in [0.717, 1.165) is 0 Å². The summed E-state index contributed by atoms with van der Waals surface area (Å²) in [5.74, 6) is -4.23. The van der Waals surface area contributed by atoms with Gasteiger partial charge < -0.3 is 4.52 Å². The van der Waals surface area contributed by atoms with Crippen molar-refractivity contribution in [1.82, 2.24) is 0 Å². The number of carbonyl (C=O) groups excluding carboxylic acids is 2. The number of hydrogen-bond acceptors (Lipinski definition) is 5. The van der Waals surface area contributed by atoms with E-state index in [-0.39, 0.29) is 29.6 Å². The Bertz CT molecular complexity index is 221. The van der Waals surface area contributed by atoms with E-state index in [9.17, 15) is 18.7 Å². The maximum absolute atomic E-state index is 10.8. The van der Waals surface area contributed by atoms with Crippen LogP contribution in [0.3, 0.4) is 0 Å². The number of carbonyl (C=O) groups is 2. The molecule has 0 aliphatic rings. The predicted octanol–water partition coefficient (Wildman–Crippen LogP) is -1.60. The molecule has 0 aliphatic heterocycles. The van der Waals surface area contributed by atoms with Crippen molar-refractivity contribution >= 4 is 49.3 Å². The van der Waals surface area contributed by atoms with Crippen molar-refractivity contribution in [2.45, 2.75) is 0 Å². The van der Waals surface area contributed by atoms with Crippen molar-refractivity contribution in [2.75, 3.05) is 0 Å². The van der Waals surface area contributed by atoms with Crippen LogP contribution in [0.25, 0.3) is 0 Å². The second-order valence-corrected chi connectivity index (χ2v) is 2.40. The van der Waals surface area contributed by atoms with Crippen LogP contribution in [-0.2, 0) is 23.6 Å². The minimum absolute atomic E-state index is 0. The first kappa shape index (κ1) is 14.5. The first-order chi connectivity index (χ1) is 4.87. The van der Waals surface area contributed by atoms with Gasteiger partial charge in [-0.25, -0.2) is 19.1 Å². The molecule has 0 radical (unpaired) electrons. The molecule has 0 spiro atoms. The summed E-state index contributed by atoms with van der Waals surface area (Å²) < 4.78 is 23.7. The van der Waals surface area contributed by atoms with Crippen LogP contribution in [-0.4, -0.2) is 51.3 Å². The maximum atomic E-state index is 10.8. The summed E-state index contributed by atoms with van der Waals surface area (Å²) in [5.41, 5.74) is 0. The first-order valence-electron chi connectivity index (χ1n) is 1.99. The number of rotatable bonds is 1. The van der Waals surface area contributed by atoms with E-state index < -0.39 is 19.8 Å². The van der Waals surface area contributed by atoms with Crippen molar-refractivity contribution < 1.29 is 37.9 Å². The number of phosphoric acid groups is 1. The van der Waals surface area contributed by atoms with Gasteiger partial charge in [-0.15, -0.1) is 0 Å². The third kappa shape index (κ3) is 6.71. The van der Waals surface area contributed by atoms with Gasteiger partial charge in [0.1, 0.15) is 0 Å². The molecule has 12 heavy (non-hydrogen) atoms. The summed E-state index contributed by atoms with van der Waals surface area (Å²) in [5, 5.41) is 0. The summed E-state index contributed by atoms with van der Waals surface area (Å²) in [6.07, 6.45) is 0. The monoisotopic (exact) mass is 212 g/mol. The van der Waals surface area contributed by atoms with Gasteiger partial charge in [0.2, 0.25) is 0 Å². The fraction of sp³-hybridized carbons (Fsp3) is 0. The van der Waals surface area contributed by atoms with Gasteiger partial charge in [-0.1, -0.05) is 0 Å². The van der Waals surface area contributed by atoms with E-state index in [2.05, 4.69) is 9.47 Å². The molecule has 0 atom stereocenters. The molecule has 10 heteroatoms. The Morgan fingerprint density at radius 1 is 1.25 bits per heavy atom. The van der Waals surface area contributed by atoms with Crippen molar-refractivity contribution in [3.63, 3.8) is 0 Å². The third-order valence-electron chi connectivity index (χ3n) is 0.439. The van der Waals surface area contributed by atoms with Gasteiger partial charge in [-0.05, 0) is 0 Å². The third-order valence-corrected chi connectivity index (χ3v) is 0.842. The van der Waals surface area contributed by atoms with Crippen LogP contribution in [0.1, 0.15) is 0 Å². The van der Waals surface area contributed by atoms with E-state index >= 15 is 0 Å². The fourth-order valence-electron chi connectivity index (χ4n) is 0.177. The van der Waals surface area contributed by atoms with Gasteiger partial charge in [-0.2, -0.15) is 0 Å². The topological polar surface area (TPSA) is 110 Å². The van der Waals surface area contributed by atoms with Crippen molar-refractivity contribution in [1.29, 1.82) is 0 Å². The van der Waals surface area contributed by atoms with Gasteiger partial charge in [-0.3, -0.25) is 9.79 Å². The van der Waals surface area contributed by atoms with Crippen molar-refractivity contribution in [3.8, 4) is 0 Å². The Labute approximate surface area is 87.3 Å². The van der Waals surface area contributed by atoms with Crippen LogP contribution in [0.4, 0.5) is 4.53 Å². The molecule has 0 aliphatic carbocycles. The normalized spacial score (nSPS) is 9.58. The molecular formula is C2H3FNaO7P. The molecule has 0 saturated heterocycles. The molecular weight excluding hydrogens is 209 g/mol. The number of hydrogen-bond donors (Lipinski definition) is 2. The minimum atomic E-state index is -5.11. The summed E-state index contributed by atoms with van der Waals surface area (Å²) in [6.45, 7) is 0. The molecule has 66 valence electrons. The van der Waals surface area contributed by atoms with E-state index in [1.807, 2.05) is 0 Å². The van der Waals surface area contributed by atoms with Crippen LogP contribution in [0, 0.1) is 0 Å². The SMILES string of the molecule is O=C(OF)C(=O)OP(=O)(O)O.[NaH]. The Morgan fingerprint density at radius 2 is 1.67 bits per heavy atom. The molecule has 0 rings (SSSR count). The molecule has 0 aromatic heterocycles. The summed E-state index contributed by atoms with van der Waals surface area (Å²) in [4.78, 5) is 37.8. The van der Waals surface area contributed by atoms with Crippen LogP contribution in [0.15, 0.2) is 0 Å². The van der Waals surface area contributed by atoms with Crippen molar-refractivity contribution in [2.24, 2.45) is 0 Å². The zero-order valence-electron chi connectivity index (χ0n) is 4.76.